The molecule has 7 heteroatoms. The van der Waals surface area contributed by atoms with Crippen LogP contribution in [0.25, 0.3) is 0 Å². The van der Waals surface area contributed by atoms with Crippen molar-refractivity contribution in [1.29, 1.82) is 0 Å². The van der Waals surface area contributed by atoms with Crippen molar-refractivity contribution in [2.24, 2.45) is 0 Å². The third-order valence-electron chi connectivity index (χ3n) is 3.96. The van der Waals surface area contributed by atoms with Gasteiger partial charge in [0, 0.05) is 25.5 Å². The van der Waals surface area contributed by atoms with Crippen LogP contribution >= 0.6 is 0 Å². The largest absolute Gasteiger partial charge is 0.370 e. The van der Waals surface area contributed by atoms with Crippen LogP contribution in [0.2, 0.25) is 0 Å². The maximum atomic E-state index is 13.7. The van der Waals surface area contributed by atoms with E-state index in [1.54, 1.807) is 6.07 Å². The van der Waals surface area contributed by atoms with Crippen molar-refractivity contribution < 1.29 is 18.0 Å². The Morgan fingerprint density at radius 3 is 2.52 bits per heavy atom. The van der Waals surface area contributed by atoms with Gasteiger partial charge in [-0.3, -0.25) is 9.78 Å². The number of nitrogens with one attached hydrogen (secondary N) is 1. The van der Waals surface area contributed by atoms with Crippen LogP contribution in [0.1, 0.15) is 16.1 Å². The van der Waals surface area contributed by atoms with Crippen LogP contribution in [0.3, 0.4) is 0 Å². The van der Waals surface area contributed by atoms with Gasteiger partial charge in [0.25, 0.3) is 5.91 Å². The van der Waals surface area contributed by atoms with Crippen LogP contribution in [0.15, 0.2) is 60.8 Å². The predicted octanol–water partition coefficient (Wildman–Crippen LogP) is 4.39. The molecule has 1 heterocycles. The third-order valence-corrected chi connectivity index (χ3v) is 3.96. The molecule has 3 rings (SSSR count). The van der Waals surface area contributed by atoms with Gasteiger partial charge in [-0.2, -0.15) is 0 Å². The summed E-state index contributed by atoms with van der Waals surface area (Å²) in [6.45, 7) is 0.615. The molecule has 2 aromatic carbocycles. The van der Waals surface area contributed by atoms with Crippen LogP contribution in [-0.4, -0.2) is 17.9 Å². The number of hydrogen-bond acceptors (Lipinski definition) is 3. The summed E-state index contributed by atoms with van der Waals surface area (Å²) in [5.41, 5.74) is 1.39. The number of pyridine rings is 1. The minimum Gasteiger partial charge on any atom is -0.370 e. The Balaban J connectivity index is 1.77. The highest BCUT2D eigenvalue weighted by Crippen LogP contribution is 2.21. The Morgan fingerprint density at radius 1 is 1.04 bits per heavy atom. The second-order valence-corrected chi connectivity index (χ2v) is 5.92. The lowest BCUT2D eigenvalue weighted by molar-refractivity contribution is 0.102. The normalized spacial score (nSPS) is 10.5. The van der Waals surface area contributed by atoms with E-state index in [0.717, 1.165) is 23.4 Å². The second kappa shape index (κ2) is 7.90. The van der Waals surface area contributed by atoms with Gasteiger partial charge in [-0.05, 0) is 29.8 Å². The number of carbonyl (C=O) groups is 1. The number of rotatable bonds is 5. The molecule has 27 heavy (non-hydrogen) atoms. The van der Waals surface area contributed by atoms with Crippen molar-refractivity contribution >= 4 is 17.3 Å². The van der Waals surface area contributed by atoms with Gasteiger partial charge >= 0.3 is 0 Å². The smallest absolute Gasteiger partial charge is 0.274 e. The number of amides is 1. The van der Waals surface area contributed by atoms with Crippen LogP contribution in [0.5, 0.6) is 0 Å². The fourth-order valence-electron chi connectivity index (χ4n) is 2.54. The number of aromatic nitrogens is 1. The molecule has 0 fully saturated rings. The fourth-order valence-corrected chi connectivity index (χ4v) is 2.54. The minimum atomic E-state index is -1.64. The molecule has 0 unspecified atom stereocenters. The van der Waals surface area contributed by atoms with E-state index < -0.39 is 29.0 Å². The molecule has 0 atom stereocenters. The van der Waals surface area contributed by atoms with Crippen molar-refractivity contribution in [3.63, 3.8) is 0 Å². The van der Waals surface area contributed by atoms with Crippen LogP contribution in [-0.2, 0) is 6.54 Å². The van der Waals surface area contributed by atoms with E-state index in [2.05, 4.69) is 10.3 Å². The molecule has 4 nitrogen and oxygen atoms in total. The molecule has 1 amide bonds. The zero-order chi connectivity index (χ0) is 19.4. The number of benzene rings is 2. The second-order valence-electron chi connectivity index (χ2n) is 5.92. The first-order valence-electron chi connectivity index (χ1n) is 8.11. The van der Waals surface area contributed by atoms with Gasteiger partial charge in [-0.15, -0.1) is 0 Å². The quantitative estimate of drug-likeness (QED) is 0.677. The van der Waals surface area contributed by atoms with E-state index in [0.29, 0.717) is 6.54 Å². The van der Waals surface area contributed by atoms with Crippen molar-refractivity contribution in [2.45, 2.75) is 6.54 Å². The van der Waals surface area contributed by atoms with Crippen molar-refractivity contribution in [1.82, 2.24) is 4.98 Å². The average molecular weight is 371 g/mol. The highest BCUT2D eigenvalue weighted by Gasteiger charge is 2.17. The van der Waals surface area contributed by atoms with Gasteiger partial charge < -0.3 is 10.2 Å². The SMILES string of the molecule is CN(Cc1ccccc1)c1ccnc(C(=O)Nc2ccc(F)c(F)c2F)c1. The summed E-state index contributed by atoms with van der Waals surface area (Å²) in [5, 5.41) is 2.21. The van der Waals surface area contributed by atoms with Gasteiger partial charge in [0.1, 0.15) is 5.69 Å². The van der Waals surface area contributed by atoms with Gasteiger partial charge in [-0.1, -0.05) is 30.3 Å². The Morgan fingerprint density at radius 2 is 1.78 bits per heavy atom. The summed E-state index contributed by atoms with van der Waals surface area (Å²) < 4.78 is 40.0. The number of carbonyl (C=O) groups excluding carboxylic acids is 1. The van der Waals surface area contributed by atoms with Crippen molar-refractivity contribution in [3.8, 4) is 0 Å². The molecule has 1 N–H and O–H groups in total. The lowest BCUT2D eigenvalue weighted by Crippen LogP contribution is -2.19. The minimum absolute atomic E-state index is 0.0246. The first kappa shape index (κ1) is 18.4. The van der Waals surface area contributed by atoms with Gasteiger partial charge in [0.2, 0.25) is 0 Å². The molecule has 0 aliphatic heterocycles. The number of anilines is 2. The molecule has 3 aromatic rings. The van der Waals surface area contributed by atoms with E-state index in [4.69, 9.17) is 0 Å². The molecule has 0 saturated heterocycles. The molecule has 1 aromatic heterocycles. The molecular formula is C20H16F3N3O. The van der Waals surface area contributed by atoms with E-state index >= 15 is 0 Å². The first-order valence-corrected chi connectivity index (χ1v) is 8.11. The van der Waals surface area contributed by atoms with Gasteiger partial charge in [0.05, 0.1) is 5.69 Å². The predicted molar refractivity (Wildman–Crippen MR) is 97.1 cm³/mol. The summed E-state index contributed by atoms with van der Waals surface area (Å²) in [4.78, 5) is 18.2. The monoisotopic (exact) mass is 371 g/mol. The lowest BCUT2D eigenvalue weighted by atomic mass is 10.2. The summed E-state index contributed by atoms with van der Waals surface area (Å²) in [6.07, 6.45) is 1.45. The number of hydrogen-bond donors (Lipinski definition) is 1. The number of nitrogens with zero attached hydrogens (tertiary/aromatic N) is 2. The molecule has 0 aliphatic carbocycles. The molecule has 0 aliphatic rings. The summed E-state index contributed by atoms with van der Waals surface area (Å²) >= 11 is 0. The highest BCUT2D eigenvalue weighted by atomic mass is 19.2. The maximum Gasteiger partial charge on any atom is 0.274 e. The molecule has 138 valence electrons. The zero-order valence-electron chi connectivity index (χ0n) is 14.4. The van der Waals surface area contributed by atoms with E-state index in [1.165, 1.54) is 12.3 Å². The third kappa shape index (κ3) is 4.25. The van der Waals surface area contributed by atoms with E-state index in [9.17, 15) is 18.0 Å². The zero-order valence-corrected chi connectivity index (χ0v) is 14.4. The van der Waals surface area contributed by atoms with Gasteiger partial charge in [-0.25, -0.2) is 13.2 Å². The first-order chi connectivity index (χ1) is 13.0. The van der Waals surface area contributed by atoms with Crippen LogP contribution in [0, 0.1) is 17.5 Å². The number of halogens is 3. The fraction of sp³-hybridized carbons (Fsp3) is 0.100. The molecule has 0 saturated carbocycles. The average Bonchev–Trinajstić information content (AvgIpc) is 2.69. The van der Waals surface area contributed by atoms with Gasteiger partial charge in [0.15, 0.2) is 17.5 Å². The standard InChI is InChI=1S/C20H16F3N3O/c1-26(12-13-5-3-2-4-6-13)14-9-10-24-17(11-14)20(27)25-16-8-7-15(21)18(22)19(16)23/h2-11H,12H2,1H3,(H,25,27). The Kier molecular flexibility index (Phi) is 5.40. The topological polar surface area (TPSA) is 45.2 Å². The van der Waals surface area contributed by atoms with Crippen molar-refractivity contribution in [3.05, 3.63) is 89.5 Å². The maximum absolute atomic E-state index is 13.7. The lowest BCUT2D eigenvalue weighted by Gasteiger charge is -2.19. The highest BCUT2D eigenvalue weighted by molar-refractivity contribution is 6.03. The Labute approximate surface area is 154 Å². The Hall–Kier alpha value is -3.35. The summed E-state index contributed by atoms with van der Waals surface area (Å²) in [7, 11) is 1.86. The van der Waals surface area contributed by atoms with Crippen LogP contribution in [0.4, 0.5) is 24.5 Å². The molecule has 0 bridgehead atoms. The van der Waals surface area contributed by atoms with E-state index in [-0.39, 0.29) is 5.69 Å². The van der Waals surface area contributed by atoms with Crippen molar-refractivity contribution in [2.75, 3.05) is 17.3 Å². The molecule has 0 radical (unpaired) electrons. The van der Waals surface area contributed by atoms with E-state index in [1.807, 2.05) is 42.3 Å². The molecule has 0 spiro atoms. The summed E-state index contributed by atoms with van der Waals surface area (Å²) in [5.74, 6) is -5.15. The molecular weight excluding hydrogens is 355 g/mol. The van der Waals surface area contributed by atoms with Crippen LogP contribution < -0.4 is 10.2 Å². The summed E-state index contributed by atoms with van der Waals surface area (Å²) in [6, 6.07) is 14.7. The Bertz CT molecular complexity index is 964.